The summed E-state index contributed by atoms with van der Waals surface area (Å²) in [5.74, 6) is 0.200. The molecule has 1 heterocycles. The first kappa shape index (κ1) is 9.50. The number of aliphatic hydroxyl groups is 1. The van der Waals surface area contributed by atoms with E-state index in [4.69, 9.17) is 15.1 Å². The smallest absolute Gasteiger partial charge is 0.0832 e. The molecule has 2 atom stereocenters. The summed E-state index contributed by atoms with van der Waals surface area (Å²) in [7, 11) is 0. The van der Waals surface area contributed by atoms with E-state index in [1.807, 2.05) is 6.92 Å². The zero-order valence-corrected chi connectivity index (χ0v) is 7.42. The molecule has 1 aliphatic rings. The van der Waals surface area contributed by atoms with E-state index in [9.17, 15) is 0 Å². The van der Waals surface area contributed by atoms with E-state index in [-0.39, 0.29) is 17.9 Å². The molecule has 0 aromatic carbocycles. The molecule has 2 unspecified atom stereocenters. The predicted molar refractivity (Wildman–Crippen MR) is 44.3 cm³/mol. The van der Waals surface area contributed by atoms with Gasteiger partial charge < -0.3 is 9.84 Å². The molecule has 0 aromatic heterocycles. The zero-order valence-electron chi connectivity index (χ0n) is 7.42. The molecular formula is C9H15NO2. The summed E-state index contributed by atoms with van der Waals surface area (Å²) in [4.78, 5) is 0. The topological polar surface area (TPSA) is 53.2 Å². The van der Waals surface area contributed by atoms with Crippen molar-refractivity contribution in [2.75, 3.05) is 19.8 Å². The minimum Gasteiger partial charge on any atom is -0.396 e. The summed E-state index contributed by atoms with van der Waals surface area (Å²) in [6.07, 6.45) is 1.56. The van der Waals surface area contributed by atoms with Gasteiger partial charge in [0, 0.05) is 13.2 Å². The molecule has 0 aromatic rings. The Hall–Kier alpha value is -0.590. The van der Waals surface area contributed by atoms with Gasteiger partial charge in [-0.05, 0) is 18.8 Å². The van der Waals surface area contributed by atoms with Crippen molar-refractivity contribution in [3.05, 3.63) is 0 Å². The highest BCUT2D eigenvalue weighted by Crippen LogP contribution is 2.34. The first-order chi connectivity index (χ1) is 5.72. The number of hydrogen-bond acceptors (Lipinski definition) is 3. The van der Waals surface area contributed by atoms with Crippen molar-refractivity contribution in [3.63, 3.8) is 0 Å². The van der Waals surface area contributed by atoms with Crippen LogP contribution in [0.5, 0.6) is 0 Å². The summed E-state index contributed by atoms with van der Waals surface area (Å²) in [6.45, 7) is 3.33. The van der Waals surface area contributed by atoms with Crippen LogP contribution in [0.15, 0.2) is 0 Å². The van der Waals surface area contributed by atoms with Gasteiger partial charge in [-0.3, -0.25) is 0 Å². The average molecular weight is 169 g/mol. The van der Waals surface area contributed by atoms with Crippen LogP contribution in [0, 0.1) is 22.7 Å². The molecule has 0 spiro atoms. The van der Waals surface area contributed by atoms with E-state index in [0.717, 1.165) is 12.8 Å². The van der Waals surface area contributed by atoms with E-state index < -0.39 is 0 Å². The van der Waals surface area contributed by atoms with Gasteiger partial charge in [0.2, 0.25) is 0 Å². The summed E-state index contributed by atoms with van der Waals surface area (Å²) < 4.78 is 5.19. The van der Waals surface area contributed by atoms with Crippen LogP contribution in [0.25, 0.3) is 0 Å². The minimum atomic E-state index is -0.317. The van der Waals surface area contributed by atoms with Crippen molar-refractivity contribution in [1.29, 1.82) is 5.26 Å². The van der Waals surface area contributed by atoms with Gasteiger partial charge in [0.15, 0.2) is 0 Å². The maximum atomic E-state index is 8.95. The van der Waals surface area contributed by atoms with Gasteiger partial charge in [0.25, 0.3) is 0 Å². The highest BCUT2D eigenvalue weighted by Gasteiger charge is 2.36. The lowest BCUT2D eigenvalue weighted by Crippen LogP contribution is -2.23. The van der Waals surface area contributed by atoms with Crippen molar-refractivity contribution < 1.29 is 9.84 Å². The lowest BCUT2D eigenvalue weighted by molar-refractivity contribution is 0.146. The van der Waals surface area contributed by atoms with Crippen LogP contribution < -0.4 is 0 Å². The molecule has 0 bridgehead atoms. The Bertz CT molecular complexity index is 179. The van der Waals surface area contributed by atoms with Gasteiger partial charge in [-0.1, -0.05) is 6.92 Å². The zero-order chi connectivity index (χ0) is 9.03. The SMILES string of the molecule is CC(CO)CC1(C#N)CCOC1. The highest BCUT2D eigenvalue weighted by atomic mass is 16.5. The number of aliphatic hydroxyl groups excluding tert-OH is 1. The molecule has 1 saturated heterocycles. The first-order valence-corrected chi connectivity index (χ1v) is 4.32. The Labute approximate surface area is 73.0 Å². The molecule has 1 N–H and O–H groups in total. The van der Waals surface area contributed by atoms with Crippen LogP contribution in [0.3, 0.4) is 0 Å². The van der Waals surface area contributed by atoms with E-state index in [1.165, 1.54) is 0 Å². The molecule has 68 valence electrons. The molecule has 1 fully saturated rings. The standard InChI is InChI=1S/C9H15NO2/c1-8(5-11)4-9(6-10)2-3-12-7-9/h8,11H,2-5,7H2,1H3. The third-order valence-electron chi connectivity index (χ3n) is 2.39. The van der Waals surface area contributed by atoms with E-state index in [0.29, 0.717) is 13.2 Å². The van der Waals surface area contributed by atoms with E-state index >= 15 is 0 Å². The fourth-order valence-electron chi connectivity index (χ4n) is 1.63. The van der Waals surface area contributed by atoms with Crippen molar-refractivity contribution in [3.8, 4) is 6.07 Å². The third kappa shape index (κ3) is 1.96. The summed E-state index contributed by atoms with van der Waals surface area (Å²) in [5.41, 5.74) is -0.317. The molecule has 0 amide bonds. The van der Waals surface area contributed by atoms with Crippen LogP contribution >= 0.6 is 0 Å². The van der Waals surface area contributed by atoms with Gasteiger partial charge in [0.1, 0.15) is 0 Å². The average Bonchev–Trinajstić information content (AvgIpc) is 2.54. The van der Waals surface area contributed by atoms with Crippen molar-refractivity contribution in [2.45, 2.75) is 19.8 Å². The highest BCUT2D eigenvalue weighted by molar-refractivity contribution is 5.01. The Morgan fingerprint density at radius 3 is 2.92 bits per heavy atom. The predicted octanol–water partition coefficient (Wildman–Crippen LogP) is 0.935. The molecule has 0 radical (unpaired) electrons. The van der Waals surface area contributed by atoms with Crippen molar-refractivity contribution in [2.24, 2.45) is 11.3 Å². The van der Waals surface area contributed by atoms with Gasteiger partial charge in [-0.25, -0.2) is 0 Å². The molecule has 3 nitrogen and oxygen atoms in total. The number of nitrogens with zero attached hydrogens (tertiary/aromatic N) is 1. The van der Waals surface area contributed by atoms with Crippen LogP contribution in [-0.2, 0) is 4.74 Å². The number of ether oxygens (including phenoxy) is 1. The maximum absolute atomic E-state index is 8.95. The Morgan fingerprint density at radius 1 is 1.75 bits per heavy atom. The summed E-state index contributed by atoms with van der Waals surface area (Å²) in [5, 5.41) is 17.8. The van der Waals surface area contributed by atoms with Crippen molar-refractivity contribution >= 4 is 0 Å². The van der Waals surface area contributed by atoms with E-state index in [2.05, 4.69) is 6.07 Å². The lowest BCUT2D eigenvalue weighted by Gasteiger charge is -2.21. The van der Waals surface area contributed by atoms with Crippen LogP contribution in [0.4, 0.5) is 0 Å². The molecule has 1 rings (SSSR count). The molecule has 12 heavy (non-hydrogen) atoms. The molecule has 1 aliphatic heterocycles. The summed E-state index contributed by atoms with van der Waals surface area (Å²) in [6, 6.07) is 2.31. The lowest BCUT2D eigenvalue weighted by atomic mass is 9.81. The quantitative estimate of drug-likeness (QED) is 0.684. The van der Waals surface area contributed by atoms with Gasteiger partial charge in [0.05, 0.1) is 18.1 Å². The summed E-state index contributed by atoms with van der Waals surface area (Å²) >= 11 is 0. The van der Waals surface area contributed by atoms with Crippen LogP contribution in [-0.4, -0.2) is 24.9 Å². The molecule has 0 aliphatic carbocycles. The molecule has 0 saturated carbocycles. The second-order valence-electron chi connectivity index (χ2n) is 3.69. The Morgan fingerprint density at radius 2 is 2.50 bits per heavy atom. The number of rotatable bonds is 3. The Balaban J connectivity index is 2.51. The van der Waals surface area contributed by atoms with Gasteiger partial charge in [-0.15, -0.1) is 0 Å². The van der Waals surface area contributed by atoms with Crippen molar-refractivity contribution in [1.82, 2.24) is 0 Å². The molecular weight excluding hydrogens is 154 g/mol. The minimum absolute atomic E-state index is 0.156. The Kier molecular flexibility index (Phi) is 3.07. The number of nitriles is 1. The van der Waals surface area contributed by atoms with Gasteiger partial charge >= 0.3 is 0 Å². The second-order valence-corrected chi connectivity index (χ2v) is 3.69. The first-order valence-electron chi connectivity index (χ1n) is 4.32. The largest absolute Gasteiger partial charge is 0.396 e. The van der Waals surface area contributed by atoms with E-state index in [1.54, 1.807) is 0 Å². The normalized spacial score (nSPS) is 31.4. The fraction of sp³-hybridized carbons (Fsp3) is 0.889. The van der Waals surface area contributed by atoms with Crippen LogP contribution in [0.1, 0.15) is 19.8 Å². The fourth-order valence-corrected chi connectivity index (χ4v) is 1.63. The van der Waals surface area contributed by atoms with Gasteiger partial charge in [-0.2, -0.15) is 5.26 Å². The number of hydrogen-bond donors (Lipinski definition) is 1. The monoisotopic (exact) mass is 169 g/mol. The maximum Gasteiger partial charge on any atom is 0.0832 e. The molecule has 3 heteroatoms. The second kappa shape index (κ2) is 3.88. The third-order valence-corrected chi connectivity index (χ3v) is 2.39. The van der Waals surface area contributed by atoms with Crippen LogP contribution in [0.2, 0.25) is 0 Å².